The molecule has 2 amide bonds. The first kappa shape index (κ1) is 27.6. The van der Waals surface area contributed by atoms with Crippen LogP contribution in [0.3, 0.4) is 0 Å². The minimum Gasteiger partial charge on any atom is -0.462 e. The predicted molar refractivity (Wildman–Crippen MR) is 160 cm³/mol. The Hall–Kier alpha value is -4.91. The first-order valence-corrected chi connectivity index (χ1v) is 13.9. The Kier molecular flexibility index (Phi) is 8.74. The molecule has 1 N–H and O–H groups in total. The number of benzene rings is 4. The largest absolute Gasteiger partial charge is 0.462 e. The average molecular weight is 548 g/mol. The van der Waals surface area contributed by atoms with E-state index in [1.807, 2.05) is 102 Å². The second-order valence-corrected chi connectivity index (χ2v) is 9.84. The standard InChI is InChI=1S/C34H33N3O4/c1-2-41-34(40)28-18-19-30(36-20-22-37(23-21-36)33(39)27-16-10-5-11-17-27)29(24-28)35-32(38)31(25-12-6-3-7-13-25)26-14-8-4-9-15-26/h3-19,24,31H,2,20-23H2,1H3,(H,35,38). The molecule has 0 aliphatic carbocycles. The fourth-order valence-corrected chi connectivity index (χ4v) is 5.16. The van der Waals surface area contributed by atoms with Gasteiger partial charge < -0.3 is 19.9 Å². The van der Waals surface area contributed by atoms with E-state index in [1.165, 1.54) is 0 Å². The zero-order valence-electron chi connectivity index (χ0n) is 23.0. The summed E-state index contributed by atoms with van der Waals surface area (Å²) in [4.78, 5) is 43.5. The van der Waals surface area contributed by atoms with Crippen LogP contribution in [0.1, 0.15) is 44.7 Å². The third-order valence-electron chi connectivity index (χ3n) is 7.22. The lowest BCUT2D eigenvalue weighted by Crippen LogP contribution is -2.49. The van der Waals surface area contributed by atoms with Crippen molar-refractivity contribution in [1.82, 2.24) is 4.90 Å². The van der Waals surface area contributed by atoms with Crippen molar-refractivity contribution in [2.75, 3.05) is 43.0 Å². The van der Waals surface area contributed by atoms with E-state index in [0.29, 0.717) is 43.0 Å². The Balaban J connectivity index is 1.42. The number of esters is 1. The molecule has 41 heavy (non-hydrogen) atoms. The van der Waals surface area contributed by atoms with Crippen molar-refractivity contribution in [2.45, 2.75) is 12.8 Å². The smallest absolute Gasteiger partial charge is 0.338 e. The molecule has 5 rings (SSSR count). The second kappa shape index (κ2) is 13.0. The second-order valence-electron chi connectivity index (χ2n) is 9.84. The number of nitrogens with zero attached hydrogens (tertiary/aromatic N) is 2. The third kappa shape index (κ3) is 6.47. The number of ether oxygens (including phenoxy) is 1. The van der Waals surface area contributed by atoms with Crippen molar-refractivity contribution in [3.63, 3.8) is 0 Å². The first-order valence-electron chi connectivity index (χ1n) is 13.9. The lowest BCUT2D eigenvalue weighted by atomic mass is 9.90. The van der Waals surface area contributed by atoms with Crippen LogP contribution in [0.5, 0.6) is 0 Å². The van der Waals surface area contributed by atoms with E-state index in [2.05, 4.69) is 10.2 Å². The van der Waals surface area contributed by atoms with Gasteiger partial charge in [0.15, 0.2) is 0 Å². The molecule has 1 heterocycles. The highest BCUT2D eigenvalue weighted by Gasteiger charge is 2.27. The summed E-state index contributed by atoms with van der Waals surface area (Å²) in [6.45, 7) is 4.26. The molecule has 7 nitrogen and oxygen atoms in total. The summed E-state index contributed by atoms with van der Waals surface area (Å²) in [5.74, 6) is -1.19. The van der Waals surface area contributed by atoms with Gasteiger partial charge in [-0.1, -0.05) is 78.9 Å². The number of anilines is 2. The summed E-state index contributed by atoms with van der Waals surface area (Å²) in [5, 5.41) is 3.13. The van der Waals surface area contributed by atoms with Crippen LogP contribution in [-0.2, 0) is 9.53 Å². The summed E-state index contributed by atoms with van der Waals surface area (Å²) >= 11 is 0. The van der Waals surface area contributed by atoms with Crippen molar-refractivity contribution in [3.8, 4) is 0 Å². The van der Waals surface area contributed by atoms with Crippen molar-refractivity contribution in [2.24, 2.45) is 0 Å². The summed E-state index contributed by atoms with van der Waals surface area (Å²) in [6, 6.07) is 33.8. The Bertz CT molecular complexity index is 1450. The number of carbonyl (C=O) groups is 3. The van der Waals surface area contributed by atoms with Crippen LogP contribution < -0.4 is 10.2 Å². The van der Waals surface area contributed by atoms with Gasteiger partial charge in [-0.2, -0.15) is 0 Å². The number of hydrogen-bond acceptors (Lipinski definition) is 5. The molecule has 4 aromatic rings. The van der Waals surface area contributed by atoms with E-state index in [0.717, 1.165) is 16.8 Å². The third-order valence-corrected chi connectivity index (χ3v) is 7.22. The molecular formula is C34H33N3O4. The number of amides is 2. The quantitative estimate of drug-likeness (QED) is 0.291. The van der Waals surface area contributed by atoms with Crippen molar-refractivity contribution in [3.05, 3.63) is 131 Å². The predicted octanol–water partition coefficient (Wildman–Crippen LogP) is 5.60. The summed E-state index contributed by atoms with van der Waals surface area (Å²) in [5.41, 5.74) is 4.08. The van der Waals surface area contributed by atoms with Crippen molar-refractivity contribution in [1.29, 1.82) is 0 Å². The first-order chi connectivity index (χ1) is 20.0. The Labute approximate surface area is 240 Å². The van der Waals surface area contributed by atoms with E-state index >= 15 is 0 Å². The van der Waals surface area contributed by atoms with Crippen LogP contribution in [0.15, 0.2) is 109 Å². The summed E-state index contributed by atoms with van der Waals surface area (Å²) in [7, 11) is 0. The molecule has 0 spiro atoms. The van der Waals surface area contributed by atoms with Crippen LogP contribution in [0.4, 0.5) is 11.4 Å². The molecular weight excluding hydrogens is 514 g/mol. The molecule has 208 valence electrons. The molecule has 4 aromatic carbocycles. The molecule has 1 aliphatic rings. The van der Waals surface area contributed by atoms with Gasteiger partial charge in [-0.15, -0.1) is 0 Å². The molecule has 0 bridgehead atoms. The SMILES string of the molecule is CCOC(=O)c1ccc(N2CCN(C(=O)c3ccccc3)CC2)c(NC(=O)C(c2ccccc2)c2ccccc2)c1. The van der Waals surface area contributed by atoms with Crippen molar-refractivity contribution < 1.29 is 19.1 Å². The summed E-state index contributed by atoms with van der Waals surface area (Å²) in [6.07, 6.45) is 0. The Morgan fingerprint density at radius 1 is 0.732 bits per heavy atom. The van der Waals surface area contributed by atoms with Gasteiger partial charge >= 0.3 is 5.97 Å². The van der Waals surface area contributed by atoms with Gasteiger partial charge in [-0.3, -0.25) is 9.59 Å². The topological polar surface area (TPSA) is 79.0 Å². The van der Waals surface area contributed by atoms with E-state index in [1.54, 1.807) is 19.1 Å². The van der Waals surface area contributed by atoms with Gasteiger partial charge in [0.05, 0.1) is 29.5 Å². The van der Waals surface area contributed by atoms with Gasteiger partial charge in [-0.05, 0) is 48.4 Å². The maximum absolute atomic E-state index is 14.0. The fourth-order valence-electron chi connectivity index (χ4n) is 5.16. The van der Waals surface area contributed by atoms with Crippen LogP contribution in [0, 0.1) is 0 Å². The fraction of sp³-hybridized carbons (Fsp3) is 0.206. The molecule has 0 aromatic heterocycles. The zero-order valence-corrected chi connectivity index (χ0v) is 23.0. The normalized spacial score (nSPS) is 13.1. The lowest BCUT2D eigenvalue weighted by molar-refractivity contribution is -0.116. The minimum absolute atomic E-state index is 0.00463. The number of rotatable bonds is 8. The highest BCUT2D eigenvalue weighted by Crippen LogP contribution is 2.32. The van der Waals surface area contributed by atoms with Crippen LogP contribution >= 0.6 is 0 Å². The number of piperazine rings is 1. The Morgan fingerprint density at radius 2 is 1.29 bits per heavy atom. The van der Waals surface area contributed by atoms with Crippen LogP contribution in [0.25, 0.3) is 0 Å². The van der Waals surface area contributed by atoms with Crippen LogP contribution in [-0.4, -0.2) is 55.5 Å². The number of hydrogen-bond donors (Lipinski definition) is 1. The van der Waals surface area contributed by atoms with Gasteiger partial charge in [-0.25, -0.2) is 4.79 Å². The average Bonchev–Trinajstić information content (AvgIpc) is 3.02. The monoisotopic (exact) mass is 547 g/mol. The van der Waals surface area contributed by atoms with Crippen molar-refractivity contribution >= 4 is 29.2 Å². The highest BCUT2D eigenvalue weighted by atomic mass is 16.5. The highest BCUT2D eigenvalue weighted by molar-refractivity contribution is 6.02. The molecule has 0 saturated carbocycles. The molecule has 1 fully saturated rings. The number of nitrogens with one attached hydrogen (secondary N) is 1. The molecule has 0 atom stereocenters. The zero-order chi connectivity index (χ0) is 28.6. The lowest BCUT2D eigenvalue weighted by Gasteiger charge is -2.37. The molecule has 0 radical (unpaired) electrons. The van der Waals surface area contributed by atoms with E-state index in [4.69, 9.17) is 4.74 Å². The maximum atomic E-state index is 14.0. The van der Waals surface area contributed by atoms with E-state index in [9.17, 15) is 14.4 Å². The molecule has 1 aliphatic heterocycles. The van der Waals surface area contributed by atoms with Gasteiger partial charge in [0, 0.05) is 31.7 Å². The van der Waals surface area contributed by atoms with E-state index in [-0.39, 0.29) is 18.4 Å². The minimum atomic E-state index is -0.545. The Morgan fingerprint density at radius 3 is 1.85 bits per heavy atom. The van der Waals surface area contributed by atoms with Gasteiger partial charge in [0.1, 0.15) is 0 Å². The molecule has 7 heteroatoms. The van der Waals surface area contributed by atoms with Gasteiger partial charge in [0.2, 0.25) is 5.91 Å². The maximum Gasteiger partial charge on any atom is 0.338 e. The van der Waals surface area contributed by atoms with Gasteiger partial charge in [0.25, 0.3) is 5.91 Å². The van der Waals surface area contributed by atoms with Crippen LogP contribution in [0.2, 0.25) is 0 Å². The number of carbonyl (C=O) groups excluding carboxylic acids is 3. The molecule has 0 unspecified atom stereocenters. The summed E-state index contributed by atoms with van der Waals surface area (Å²) < 4.78 is 5.23. The van der Waals surface area contributed by atoms with E-state index < -0.39 is 11.9 Å². The molecule has 1 saturated heterocycles.